The number of carbonyl (C=O) groups is 6. The van der Waals surface area contributed by atoms with Gasteiger partial charge in [0.2, 0.25) is 17.7 Å². The van der Waals surface area contributed by atoms with Gasteiger partial charge in [0.25, 0.3) is 17.7 Å². The molecule has 6 fully saturated rings. The van der Waals surface area contributed by atoms with Gasteiger partial charge in [-0.1, -0.05) is 19.6 Å². The molecule has 0 spiro atoms. The Morgan fingerprint density at radius 3 is 1.24 bits per heavy atom. The molecule has 7 unspecified atom stereocenters. The van der Waals surface area contributed by atoms with Crippen molar-refractivity contribution >= 4 is 61.0 Å². The minimum Gasteiger partial charge on any atom is -0.360 e. The molecule has 15 rings (SSSR count). The van der Waals surface area contributed by atoms with E-state index in [2.05, 4.69) is 89.1 Å². The summed E-state index contributed by atoms with van der Waals surface area (Å²) < 4.78 is 13.3. The largest absolute Gasteiger partial charge is 0.360 e. The van der Waals surface area contributed by atoms with Crippen LogP contribution >= 0.6 is 0 Å². The number of nitrogens with one attached hydrogen (secondary N) is 8. The molecule has 8 N–H and O–H groups in total. The minimum absolute atomic E-state index is 0.0225. The van der Waals surface area contributed by atoms with Crippen LogP contribution in [-0.4, -0.2) is 143 Å². The number of hydrogen-bond acceptors (Lipinski definition) is 16. The van der Waals surface area contributed by atoms with Crippen molar-refractivity contribution in [1.29, 1.82) is 0 Å². The van der Waals surface area contributed by atoms with E-state index in [1.807, 2.05) is 97.3 Å². The van der Waals surface area contributed by atoms with E-state index in [0.29, 0.717) is 96.8 Å². The highest BCUT2D eigenvalue weighted by Gasteiger charge is 2.56. The van der Waals surface area contributed by atoms with E-state index in [-0.39, 0.29) is 95.4 Å². The predicted octanol–water partition coefficient (Wildman–Crippen LogP) is 12.1. The number of pyridine rings is 3. The number of hydrogen-bond donors (Lipinski definition) is 8. The second-order valence-corrected chi connectivity index (χ2v) is 39.6. The number of rotatable bonds is 36. The van der Waals surface area contributed by atoms with Gasteiger partial charge in [0, 0.05) is 120 Å². The molecule has 28 nitrogen and oxygen atoms in total. The number of nitrogens with zero attached hydrogens (tertiary/aromatic N) is 13. The third kappa shape index (κ3) is 17.2. The van der Waals surface area contributed by atoms with Gasteiger partial charge in [-0.15, -0.1) is 0 Å². The third-order valence-corrected chi connectivity index (χ3v) is 26.3. The van der Waals surface area contributed by atoms with Gasteiger partial charge in [0.05, 0.1) is 17.1 Å². The number of amides is 6. The molecule has 9 atom stereocenters. The van der Waals surface area contributed by atoms with Crippen LogP contribution in [0.3, 0.4) is 0 Å². The Bertz CT molecular complexity index is 5030. The summed E-state index contributed by atoms with van der Waals surface area (Å²) in [5.41, 5.74) is 14.1. The van der Waals surface area contributed by atoms with E-state index in [0.717, 1.165) is 143 Å². The van der Waals surface area contributed by atoms with Crippen LogP contribution in [0.25, 0.3) is 33.4 Å². The molecule has 0 bridgehead atoms. The second kappa shape index (κ2) is 32.3. The summed E-state index contributed by atoms with van der Waals surface area (Å²) in [5.74, 6) is 0.329. The van der Waals surface area contributed by atoms with Crippen LogP contribution in [0.2, 0.25) is 25.7 Å². The highest BCUT2D eigenvalue weighted by molar-refractivity contribution is 6.76. The Morgan fingerprint density at radius 1 is 0.469 bits per heavy atom. The molecule has 9 heterocycles. The Labute approximate surface area is 660 Å². The first-order valence-corrected chi connectivity index (χ1v) is 44.6. The number of ether oxygens (including phenoxy) is 1. The lowest BCUT2D eigenvalue weighted by atomic mass is 9.86. The lowest BCUT2D eigenvalue weighted by molar-refractivity contribution is -0.120. The average Bonchev–Trinajstić information content (AvgIpc) is 1.60. The van der Waals surface area contributed by atoms with E-state index in [4.69, 9.17) is 29.9 Å². The summed E-state index contributed by atoms with van der Waals surface area (Å²) in [6.07, 6.45) is 15.6. The lowest BCUT2D eigenvalue weighted by Gasteiger charge is -2.28. The van der Waals surface area contributed by atoms with E-state index in [1.165, 1.54) is 0 Å². The molecule has 0 saturated heterocycles. The van der Waals surface area contributed by atoms with Gasteiger partial charge >= 0.3 is 0 Å². The molecular weight excluding hydrogens is 1440 g/mol. The Hall–Kier alpha value is -10.3. The Morgan fingerprint density at radius 2 is 0.850 bits per heavy atom. The maximum absolute atomic E-state index is 15.5. The average molecular weight is 1550 g/mol. The summed E-state index contributed by atoms with van der Waals surface area (Å²) in [5, 5.41) is 53.2. The van der Waals surface area contributed by atoms with Crippen molar-refractivity contribution in [2.24, 2.45) is 65.1 Å². The molecule has 6 saturated carbocycles. The minimum atomic E-state index is -1.40. The fourth-order valence-corrected chi connectivity index (χ4v) is 18.8. The van der Waals surface area contributed by atoms with Crippen LogP contribution in [0.15, 0.2) is 73.2 Å². The van der Waals surface area contributed by atoms with Gasteiger partial charge in [0.1, 0.15) is 59.4 Å². The van der Waals surface area contributed by atoms with Crippen LogP contribution in [0.4, 0.5) is 17.5 Å². The monoisotopic (exact) mass is 1550 g/mol. The van der Waals surface area contributed by atoms with Crippen molar-refractivity contribution in [2.75, 3.05) is 22.6 Å². The molecule has 113 heavy (non-hydrogen) atoms. The zero-order valence-electron chi connectivity index (χ0n) is 67.4. The van der Waals surface area contributed by atoms with Gasteiger partial charge in [-0.25, -0.2) is 19.6 Å². The molecule has 596 valence electrons. The molecule has 29 heteroatoms. The number of anilines is 3. The maximum Gasteiger partial charge on any atom is 0.270 e. The normalized spacial score (nSPS) is 19.3. The molecule has 6 aliphatic carbocycles. The molecule has 0 aromatic carbocycles. The highest BCUT2D eigenvalue weighted by atomic mass is 28.3. The summed E-state index contributed by atoms with van der Waals surface area (Å²) in [4.78, 5) is 103. The van der Waals surface area contributed by atoms with Crippen LogP contribution in [0.1, 0.15) is 168 Å². The van der Waals surface area contributed by atoms with Gasteiger partial charge in [-0.2, -0.15) is 30.6 Å². The van der Waals surface area contributed by atoms with E-state index in [1.54, 1.807) is 56.9 Å². The van der Waals surface area contributed by atoms with Gasteiger partial charge in [-0.05, 0) is 272 Å². The first-order valence-electron chi connectivity index (χ1n) is 40.9. The molecule has 6 amide bonds. The Balaban J connectivity index is 0.661. The topological polar surface area (TPSA) is 351 Å². The van der Waals surface area contributed by atoms with Gasteiger partial charge in [0.15, 0.2) is 0 Å². The summed E-state index contributed by atoms with van der Waals surface area (Å²) >= 11 is 0. The molecule has 9 aromatic rings. The van der Waals surface area contributed by atoms with Crippen molar-refractivity contribution in [3.8, 4) is 33.4 Å². The maximum atomic E-state index is 15.5. The van der Waals surface area contributed by atoms with Gasteiger partial charge in [-0.3, -0.25) is 53.0 Å². The van der Waals surface area contributed by atoms with Crippen LogP contribution in [0, 0.1) is 114 Å². The summed E-state index contributed by atoms with van der Waals surface area (Å²) in [6.45, 7) is 29.0. The zero-order chi connectivity index (χ0) is 79.4. The Kier molecular flexibility index (Phi) is 22.3. The molecule has 0 radical (unpaired) electrons. The quantitative estimate of drug-likeness (QED) is 0.0134. The van der Waals surface area contributed by atoms with E-state index >= 15 is 4.79 Å². The molecule has 0 aliphatic heterocycles. The number of H-pyrrole nitrogens is 2. The first kappa shape index (κ1) is 78.0. The van der Waals surface area contributed by atoms with Crippen LogP contribution in [0.5, 0.6) is 0 Å². The number of aryl methyl sites for hydroxylation is 9. The number of aromatic nitrogens is 15. The third-order valence-electron chi connectivity index (χ3n) is 24.6. The van der Waals surface area contributed by atoms with Crippen molar-refractivity contribution in [3.63, 3.8) is 0 Å². The highest BCUT2D eigenvalue weighted by Crippen LogP contribution is 2.58. The van der Waals surface area contributed by atoms with Crippen LogP contribution in [-0.2, 0) is 58.3 Å². The van der Waals surface area contributed by atoms with Crippen molar-refractivity contribution < 1.29 is 33.5 Å². The second-order valence-electron chi connectivity index (χ2n) is 33.9. The SMILES string of the molecule is CCn1nccc1C(=O)NC(C(=O)Nc1ccc(-c2c(CC3CC3C(C3CC3)[C@H](NC(=O)c3ccnn3CC)C(=O)Nc3ccc(-c4c(CC5CC5C(C5CC5)[C@@H](NC(=O)c5ccnn5CC)C(=O)Nc5ccc(-c6c(C)n[nH]c6C)c(C)n5)n[nH]c4C)c(C)n3)nn(COCC[Si](C)(C)C)c2C)c(C)n1)C(C1CC1)C1CC1. The predicted molar refractivity (Wildman–Crippen MR) is 432 cm³/mol. The lowest BCUT2D eigenvalue weighted by Crippen LogP contribution is -2.50. The fourth-order valence-electron chi connectivity index (χ4n) is 18.0. The standard InChI is InChI=1S/C84H109N21O7Si/c1-14-102-64(31-34-85-102)79(106)94-76(73(51-17-18-51)52-19-20-52)82(109)91-69-30-27-59(46(6)90-69)72-50(10)105(43-112-37-38-113(11,12)13)101-63(72)42-56-40-61(56)75(54-23-24-54)78(96-81(108)66-33-36-87-104(66)16-3)84(111)93-68-29-26-58(45(5)89-68)71-49(9)99-100-62(71)41-55-39-60(55)74(53-21-22-53)77(95-80(107)65-32-35-86-103(65)15-2)83(110)92-67-28-25-57(44(4)88-67)70-47(7)97-98-48(70)8/h25-36,51-56,60-61,73-78H,14-24,37-43H2,1-13H3,(H,94,106)(H,95,107)(H,96,108)(H,97,98)(H,99,100)(H,88,92,110)(H,89,93,111)(H,90,91,109)/t55?,56?,60?,61?,74?,75?,76?,77-,78+/m1/s1. The number of aromatic amines is 2. The molecule has 9 aromatic heterocycles. The fraction of sp³-hybridized carbons (Fsp3) is 0.536. The van der Waals surface area contributed by atoms with Crippen LogP contribution < -0.4 is 31.9 Å². The smallest absolute Gasteiger partial charge is 0.270 e. The number of carbonyl (C=O) groups excluding carboxylic acids is 6. The van der Waals surface area contributed by atoms with Crippen molar-refractivity contribution in [3.05, 3.63) is 142 Å². The summed E-state index contributed by atoms with van der Waals surface area (Å²) in [7, 11) is -1.40. The van der Waals surface area contributed by atoms with Crippen molar-refractivity contribution in [1.82, 2.24) is 90.4 Å². The van der Waals surface area contributed by atoms with E-state index in [9.17, 15) is 24.0 Å². The molecular formula is C84H109N21O7Si. The van der Waals surface area contributed by atoms with E-state index < -0.39 is 26.2 Å². The zero-order valence-corrected chi connectivity index (χ0v) is 68.4. The van der Waals surface area contributed by atoms with Crippen molar-refractivity contribution in [2.45, 2.75) is 216 Å². The van der Waals surface area contributed by atoms with Gasteiger partial charge < -0.3 is 36.6 Å². The first-order chi connectivity index (χ1) is 54.3. The molecule has 6 aliphatic rings. The summed E-state index contributed by atoms with van der Waals surface area (Å²) in [6, 6.07) is 14.9.